The van der Waals surface area contributed by atoms with Gasteiger partial charge in [0, 0.05) is 81.5 Å². The number of aromatic nitrogens is 3. The summed E-state index contributed by atoms with van der Waals surface area (Å²) in [5.41, 5.74) is 4.98. The molecular weight excluding hydrogens is 560 g/mol. The quantitative estimate of drug-likeness (QED) is 0.409. The summed E-state index contributed by atoms with van der Waals surface area (Å²) in [7, 11) is 0. The van der Waals surface area contributed by atoms with Crippen molar-refractivity contribution < 1.29 is 4.79 Å². The van der Waals surface area contributed by atoms with Crippen LogP contribution in [-0.2, 0) is 11.2 Å². The molecule has 9 heteroatoms. The number of piperazine rings is 1. The summed E-state index contributed by atoms with van der Waals surface area (Å²) in [6.07, 6.45) is 11.8. The van der Waals surface area contributed by atoms with Crippen LogP contribution in [0.1, 0.15) is 69.2 Å². The normalized spacial score (nSPS) is 26.5. The molecule has 4 saturated heterocycles. The van der Waals surface area contributed by atoms with Gasteiger partial charge in [-0.25, -0.2) is 0 Å². The minimum absolute atomic E-state index is 0.0174. The van der Waals surface area contributed by atoms with E-state index in [1.165, 1.54) is 54.3 Å². The van der Waals surface area contributed by atoms with Gasteiger partial charge in [-0.15, -0.1) is 0 Å². The third-order valence-corrected chi connectivity index (χ3v) is 11.9. The van der Waals surface area contributed by atoms with E-state index >= 15 is 0 Å². The zero-order chi connectivity index (χ0) is 30.1. The van der Waals surface area contributed by atoms with Crippen LogP contribution < -0.4 is 14.7 Å². The fraction of sp³-hybridized carbons (Fsp3) is 0.583. The Kier molecular flexibility index (Phi) is 6.62. The average Bonchev–Trinajstić information content (AvgIpc) is 3.89. The smallest absolute Gasteiger partial charge is 0.270 e. The second-order valence-electron chi connectivity index (χ2n) is 14.2. The summed E-state index contributed by atoms with van der Waals surface area (Å²) < 4.78 is 2.38. The third-order valence-electron chi connectivity index (χ3n) is 11.9. The molecular formula is C36H46N8O. The third kappa shape index (κ3) is 4.32. The van der Waals surface area contributed by atoms with Crippen LogP contribution in [0.4, 0.5) is 17.6 Å². The van der Waals surface area contributed by atoms with Crippen LogP contribution >= 0.6 is 0 Å². The topological polar surface area (TPSA) is 64.0 Å². The molecule has 0 bridgehead atoms. The van der Waals surface area contributed by atoms with Crippen LogP contribution in [-0.4, -0.2) is 95.7 Å². The predicted molar refractivity (Wildman–Crippen MR) is 180 cm³/mol. The number of piperidine rings is 1. The molecule has 1 aromatic carbocycles. The fourth-order valence-electron chi connectivity index (χ4n) is 9.48. The Bertz CT molecular complexity index is 1620. The lowest BCUT2D eigenvalue weighted by atomic mass is 9.66. The number of benzene rings is 1. The van der Waals surface area contributed by atoms with Gasteiger partial charge in [-0.2, -0.15) is 9.97 Å². The van der Waals surface area contributed by atoms with E-state index in [2.05, 4.69) is 72.4 Å². The summed E-state index contributed by atoms with van der Waals surface area (Å²) in [5.74, 6) is 3.14. The zero-order valence-corrected chi connectivity index (χ0v) is 26.8. The molecule has 9 rings (SSSR count). The van der Waals surface area contributed by atoms with Gasteiger partial charge in [-0.3, -0.25) is 9.69 Å². The van der Waals surface area contributed by atoms with E-state index in [0.717, 1.165) is 94.9 Å². The first-order valence-electron chi connectivity index (χ1n) is 17.7. The van der Waals surface area contributed by atoms with E-state index in [9.17, 15) is 4.79 Å². The standard InChI is InChI=1S/C36H46N8O/c1-2-36-13-9-18-41-19-12-27-26-10-3-4-11-28(26)44(32(27)33(36)41)29(25-36)34(45)42-22-20-40(21-23-42)31-24-30(39-14-5-6-15-39)37-35(38-31)43-16-7-8-17-43/h3-4,10-11,24-25,33H,2,5-9,12-23H2,1H3/t33-,36+/m0/s1. The van der Waals surface area contributed by atoms with Gasteiger partial charge in [0.05, 0.1) is 11.6 Å². The van der Waals surface area contributed by atoms with Gasteiger partial charge in [0.1, 0.15) is 17.3 Å². The number of para-hydroxylation sites is 1. The fourth-order valence-corrected chi connectivity index (χ4v) is 9.48. The summed E-state index contributed by atoms with van der Waals surface area (Å²) >= 11 is 0. The summed E-state index contributed by atoms with van der Waals surface area (Å²) in [6, 6.07) is 11.4. The maximum Gasteiger partial charge on any atom is 0.270 e. The molecule has 3 aromatic rings. The molecule has 6 aliphatic rings. The predicted octanol–water partition coefficient (Wildman–Crippen LogP) is 4.92. The minimum atomic E-state index is 0.0174. The van der Waals surface area contributed by atoms with Crippen molar-refractivity contribution >= 4 is 40.1 Å². The molecule has 0 unspecified atom stereocenters. The molecule has 2 atom stereocenters. The molecule has 45 heavy (non-hydrogen) atoms. The molecule has 0 spiro atoms. The highest BCUT2D eigenvalue weighted by molar-refractivity contribution is 6.16. The Balaban J connectivity index is 1.03. The van der Waals surface area contributed by atoms with E-state index < -0.39 is 0 Å². The van der Waals surface area contributed by atoms with E-state index in [1.807, 2.05) is 0 Å². The van der Waals surface area contributed by atoms with E-state index in [4.69, 9.17) is 9.97 Å². The number of carbonyl (C=O) groups excluding carboxylic acids is 1. The SMILES string of the molecule is CC[C@]12C=C(C(=O)N3CCN(c4cc(N5CCCC5)nc(N5CCCC5)n4)CC3)n3c4c(c5ccccc53)CCN(CCC1)[C@@H]42. The van der Waals surface area contributed by atoms with E-state index in [1.54, 1.807) is 0 Å². The number of carbonyl (C=O) groups is 1. The number of rotatable bonds is 5. The molecule has 0 aliphatic carbocycles. The summed E-state index contributed by atoms with van der Waals surface area (Å²) in [6.45, 7) is 11.8. The summed E-state index contributed by atoms with van der Waals surface area (Å²) in [4.78, 5) is 36.8. The molecule has 4 fully saturated rings. The van der Waals surface area contributed by atoms with Gasteiger partial charge in [-0.05, 0) is 75.6 Å². The van der Waals surface area contributed by atoms with Gasteiger partial charge in [0.2, 0.25) is 5.95 Å². The molecule has 1 amide bonds. The highest BCUT2D eigenvalue weighted by atomic mass is 16.2. The lowest BCUT2D eigenvalue weighted by molar-refractivity contribution is -0.125. The summed E-state index contributed by atoms with van der Waals surface area (Å²) in [5, 5.41) is 1.33. The van der Waals surface area contributed by atoms with Crippen molar-refractivity contribution in [2.75, 3.05) is 80.1 Å². The monoisotopic (exact) mass is 606 g/mol. The molecule has 0 saturated carbocycles. The van der Waals surface area contributed by atoms with Crippen molar-refractivity contribution in [2.24, 2.45) is 5.41 Å². The van der Waals surface area contributed by atoms with Crippen LogP contribution in [0.2, 0.25) is 0 Å². The molecule has 9 nitrogen and oxygen atoms in total. The first kappa shape index (κ1) is 27.7. The van der Waals surface area contributed by atoms with Crippen LogP contribution in [0, 0.1) is 5.41 Å². The second kappa shape index (κ2) is 10.7. The highest BCUT2D eigenvalue weighted by Gasteiger charge is 2.51. The number of anilines is 3. The second-order valence-corrected chi connectivity index (χ2v) is 14.2. The van der Waals surface area contributed by atoms with Gasteiger partial charge >= 0.3 is 0 Å². The number of hydrogen-bond acceptors (Lipinski definition) is 7. The zero-order valence-electron chi connectivity index (χ0n) is 26.8. The number of amides is 1. The lowest BCUT2D eigenvalue weighted by Crippen LogP contribution is -2.53. The van der Waals surface area contributed by atoms with Crippen molar-refractivity contribution in [3.8, 4) is 0 Å². The van der Waals surface area contributed by atoms with Crippen molar-refractivity contribution in [3.63, 3.8) is 0 Å². The first-order chi connectivity index (χ1) is 22.1. The Labute approximate surface area is 266 Å². The maximum atomic E-state index is 14.7. The van der Waals surface area contributed by atoms with Crippen LogP contribution in [0.3, 0.4) is 0 Å². The van der Waals surface area contributed by atoms with Crippen LogP contribution in [0.5, 0.6) is 0 Å². The molecule has 0 radical (unpaired) electrons. The molecule has 8 heterocycles. The largest absolute Gasteiger partial charge is 0.356 e. The number of nitrogens with zero attached hydrogens (tertiary/aromatic N) is 8. The van der Waals surface area contributed by atoms with E-state index in [-0.39, 0.29) is 11.3 Å². The number of fused-ring (bicyclic) bond motifs is 3. The molecule has 2 aromatic heterocycles. The maximum absolute atomic E-state index is 14.7. The molecule has 6 aliphatic heterocycles. The Morgan fingerprint density at radius 1 is 0.822 bits per heavy atom. The van der Waals surface area contributed by atoms with Crippen molar-refractivity contribution in [3.05, 3.63) is 47.7 Å². The Hall–Kier alpha value is -3.59. The van der Waals surface area contributed by atoms with Crippen molar-refractivity contribution in [2.45, 2.75) is 64.3 Å². The highest BCUT2D eigenvalue weighted by Crippen LogP contribution is 2.57. The minimum Gasteiger partial charge on any atom is -0.356 e. The van der Waals surface area contributed by atoms with Crippen LogP contribution in [0.25, 0.3) is 16.6 Å². The van der Waals surface area contributed by atoms with Gasteiger partial charge in [0.25, 0.3) is 5.91 Å². The van der Waals surface area contributed by atoms with Crippen molar-refractivity contribution in [1.29, 1.82) is 0 Å². The van der Waals surface area contributed by atoms with Crippen molar-refractivity contribution in [1.82, 2.24) is 24.3 Å². The Morgan fingerprint density at radius 2 is 1.51 bits per heavy atom. The molecule has 236 valence electrons. The van der Waals surface area contributed by atoms with Gasteiger partial charge in [0.15, 0.2) is 0 Å². The lowest BCUT2D eigenvalue weighted by Gasteiger charge is -2.53. The average molecular weight is 607 g/mol. The first-order valence-corrected chi connectivity index (χ1v) is 17.7. The van der Waals surface area contributed by atoms with Gasteiger partial charge < -0.3 is 24.2 Å². The number of hydrogen-bond donors (Lipinski definition) is 0. The van der Waals surface area contributed by atoms with Gasteiger partial charge in [-0.1, -0.05) is 25.1 Å². The molecule has 0 N–H and O–H groups in total. The van der Waals surface area contributed by atoms with Crippen LogP contribution in [0.15, 0.2) is 36.4 Å². The van der Waals surface area contributed by atoms with E-state index in [0.29, 0.717) is 19.1 Å². The Morgan fingerprint density at radius 3 is 2.24 bits per heavy atom.